The lowest BCUT2D eigenvalue weighted by molar-refractivity contribution is -0.136. The molecule has 0 fully saturated rings. The number of amides is 1. The van der Waals surface area contributed by atoms with E-state index in [4.69, 9.17) is 13.9 Å². The van der Waals surface area contributed by atoms with Crippen molar-refractivity contribution in [1.29, 1.82) is 0 Å². The van der Waals surface area contributed by atoms with E-state index in [1.807, 2.05) is 37.3 Å². The lowest BCUT2D eigenvalue weighted by Gasteiger charge is -2.16. The molecule has 3 aromatic rings. The summed E-state index contributed by atoms with van der Waals surface area (Å²) in [5, 5.41) is 3.32. The predicted octanol–water partition coefficient (Wildman–Crippen LogP) is 4.36. The first-order chi connectivity index (χ1) is 15.0. The number of esters is 1. The van der Waals surface area contributed by atoms with Gasteiger partial charge in [-0.05, 0) is 36.1 Å². The number of rotatable bonds is 8. The Labute approximate surface area is 180 Å². The van der Waals surface area contributed by atoms with Gasteiger partial charge in [-0.15, -0.1) is 0 Å². The third-order valence-electron chi connectivity index (χ3n) is 4.74. The van der Waals surface area contributed by atoms with Crippen LogP contribution < -0.4 is 15.7 Å². The number of carbonyl (C=O) groups is 2. The number of ether oxygens (including phenoxy) is 2. The number of benzene rings is 2. The number of aryl methyl sites for hydroxylation is 1. The Bertz CT molecular complexity index is 1110. The molecule has 1 heterocycles. The van der Waals surface area contributed by atoms with Crippen LogP contribution in [0.3, 0.4) is 0 Å². The van der Waals surface area contributed by atoms with Crippen molar-refractivity contribution in [3.8, 4) is 5.75 Å². The van der Waals surface area contributed by atoms with Crippen LogP contribution in [-0.4, -0.2) is 18.1 Å². The fraction of sp³-hybridized carbons (Fsp3) is 0.292. The molecule has 0 saturated carbocycles. The molecule has 0 aliphatic heterocycles. The van der Waals surface area contributed by atoms with Crippen molar-refractivity contribution in [1.82, 2.24) is 5.32 Å². The van der Waals surface area contributed by atoms with Crippen molar-refractivity contribution in [2.24, 2.45) is 0 Å². The fourth-order valence-corrected chi connectivity index (χ4v) is 3.17. The molecule has 162 valence electrons. The first-order valence-corrected chi connectivity index (χ1v) is 10.3. The van der Waals surface area contributed by atoms with E-state index in [1.54, 1.807) is 19.1 Å². The maximum Gasteiger partial charge on any atom is 0.408 e. The van der Waals surface area contributed by atoms with E-state index in [2.05, 4.69) is 5.32 Å². The van der Waals surface area contributed by atoms with Gasteiger partial charge in [0.15, 0.2) is 0 Å². The average molecular weight is 423 g/mol. The second-order valence-corrected chi connectivity index (χ2v) is 7.09. The number of fused-ring (bicyclic) bond motifs is 1. The maximum absolute atomic E-state index is 12.5. The molecule has 31 heavy (non-hydrogen) atoms. The molecule has 2 aromatic carbocycles. The molecule has 0 bridgehead atoms. The third-order valence-corrected chi connectivity index (χ3v) is 4.74. The summed E-state index contributed by atoms with van der Waals surface area (Å²) in [5.41, 5.74) is 1.63. The number of nitrogens with one attached hydrogen (secondary N) is 1. The zero-order valence-electron chi connectivity index (χ0n) is 17.6. The number of alkyl carbamates (subject to hydrolysis) is 1. The van der Waals surface area contributed by atoms with Gasteiger partial charge >= 0.3 is 17.7 Å². The SMILES string of the molecule is CCCc1cc(=O)oc2cc(OC(=O)[C@@H](CC)NC(=O)OCc3ccccc3)ccc12. The molecule has 0 aliphatic rings. The number of hydrogen-bond acceptors (Lipinski definition) is 6. The van der Waals surface area contributed by atoms with E-state index in [0.29, 0.717) is 12.0 Å². The van der Waals surface area contributed by atoms with Gasteiger partial charge in [-0.25, -0.2) is 14.4 Å². The zero-order chi connectivity index (χ0) is 22.2. The summed E-state index contributed by atoms with van der Waals surface area (Å²) in [4.78, 5) is 36.4. The van der Waals surface area contributed by atoms with Crippen LogP contribution in [-0.2, 0) is 22.6 Å². The largest absolute Gasteiger partial charge is 0.445 e. The second kappa shape index (κ2) is 10.4. The molecule has 3 rings (SSSR count). The Balaban J connectivity index is 1.65. The van der Waals surface area contributed by atoms with Crippen molar-refractivity contribution in [3.05, 3.63) is 76.1 Å². The van der Waals surface area contributed by atoms with Crippen LogP contribution in [0.25, 0.3) is 11.0 Å². The molecule has 0 saturated heterocycles. The summed E-state index contributed by atoms with van der Waals surface area (Å²) in [6.45, 7) is 3.88. The topological polar surface area (TPSA) is 94.8 Å². The van der Waals surface area contributed by atoms with Gasteiger partial charge in [0.1, 0.15) is 24.0 Å². The highest BCUT2D eigenvalue weighted by molar-refractivity contribution is 5.85. The third kappa shape index (κ3) is 5.94. The van der Waals surface area contributed by atoms with E-state index >= 15 is 0 Å². The van der Waals surface area contributed by atoms with Crippen LogP contribution in [0, 0.1) is 0 Å². The molecular weight excluding hydrogens is 398 g/mol. The molecule has 1 aromatic heterocycles. The van der Waals surface area contributed by atoms with Crippen LogP contribution in [0.1, 0.15) is 37.8 Å². The highest BCUT2D eigenvalue weighted by Gasteiger charge is 2.22. The second-order valence-electron chi connectivity index (χ2n) is 7.09. The Morgan fingerprint density at radius 2 is 1.84 bits per heavy atom. The molecule has 0 radical (unpaired) electrons. The van der Waals surface area contributed by atoms with E-state index in [-0.39, 0.29) is 12.4 Å². The normalized spacial score (nSPS) is 11.7. The monoisotopic (exact) mass is 423 g/mol. The van der Waals surface area contributed by atoms with E-state index in [9.17, 15) is 14.4 Å². The summed E-state index contributed by atoms with van der Waals surface area (Å²) in [7, 11) is 0. The Morgan fingerprint density at radius 1 is 1.06 bits per heavy atom. The van der Waals surface area contributed by atoms with Gasteiger partial charge in [0.25, 0.3) is 0 Å². The Kier molecular flexibility index (Phi) is 7.43. The minimum absolute atomic E-state index is 0.0992. The number of hydrogen-bond donors (Lipinski definition) is 1. The van der Waals surface area contributed by atoms with Crippen LogP contribution in [0.4, 0.5) is 4.79 Å². The first kappa shape index (κ1) is 22.1. The van der Waals surface area contributed by atoms with Gasteiger partial charge in [-0.3, -0.25) is 0 Å². The van der Waals surface area contributed by atoms with Crippen molar-refractivity contribution in [3.63, 3.8) is 0 Å². The molecule has 1 amide bonds. The van der Waals surface area contributed by atoms with Gasteiger partial charge in [-0.2, -0.15) is 0 Å². The summed E-state index contributed by atoms with van der Waals surface area (Å²) in [6.07, 6.45) is 1.25. The van der Waals surface area contributed by atoms with Crippen LogP contribution in [0.2, 0.25) is 0 Å². The van der Waals surface area contributed by atoms with Gasteiger partial charge in [-0.1, -0.05) is 50.6 Å². The minimum atomic E-state index is -0.877. The van der Waals surface area contributed by atoms with Crippen molar-refractivity contribution < 1.29 is 23.5 Å². The summed E-state index contributed by atoms with van der Waals surface area (Å²) < 4.78 is 15.8. The predicted molar refractivity (Wildman–Crippen MR) is 116 cm³/mol. The highest BCUT2D eigenvalue weighted by Crippen LogP contribution is 2.24. The fourth-order valence-electron chi connectivity index (χ4n) is 3.17. The summed E-state index contributed by atoms with van der Waals surface area (Å²) >= 11 is 0. The van der Waals surface area contributed by atoms with E-state index < -0.39 is 23.7 Å². The summed E-state index contributed by atoms with van der Waals surface area (Å²) in [5.74, 6) is -0.405. The molecule has 7 nitrogen and oxygen atoms in total. The molecule has 1 atom stereocenters. The van der Waals surface area contributed by atoms with Crippen molar-refractivity contribution in [2.45, 2.75) is 45.8 Å². The standard InChI is InChI=1S/C24H25NO6/c1-3-8-17-13-22(26)31-21-14-18(11-12-19(17)21)30-23(27)20(4-2)25-24(28)29-15-16-9-6-5-7-10-16/h5-7,9-14,20H,3-4,8,15H2,1-2H3,(H,25,28)/t20-/m1/s1. The zero-order valence-corrected chi connectivity index (χ0v) is 17.6. The van der Waals surface area contributed by atoms with Gasteiger partial charge in [0, 0.05) is 17.5 Å². The summed E-state index contributed by atoms with van der Waals surface area (Å²) in [6, 6.07) is 14.7. The Morgan fingerprint density at radius 3 is 2.55 bits per heavy atom. The van der Waals surface area contributed by atoms with Crippen LogP contribution in [0.15, 0.2) is 63.8 Å². The van der Waals surface area contributed by atoms with Crippen LogP contribution in [0.5, 0.6) is 5.75 Å². The molecule has 7 heteroatoms. The van der Waals surface area contributed by atoms with Gasteiger partial charge in [0.2, 0.25) is 0 Å². The average Bonchev–Trinajstić information content (AvgIpc) is 2.76. The van der Waals surface area contributed by atoms with Gasteiger partial charge in [0.05, 0.1) is 0 Å². The Hall–Kier alpha value is -3.61. The molecule has 0 spiro atoms. The minimum Gasteiger partial charge on any atom is -0.445 e. The molecule has 1 N–H and O–H groups in total. The smallest absolute Gasteiger partial charge is 0.408 e. The molecule has 0 unspecified atom stereocenters. The van der Waals surface area contributed by atoms with Crippen molar-refractivity contribution in [2.75, 3.05) is 0 Å². The first-order valence-electron chi connectivity index (χ1n) is 10.3. The lowest BCUT2D eigenvalue weighted by Crippen LogP contribution is -2.42. The molecular formula is C24H25NO6. The van der Waals surface area contributed by atoms with E-state index in [1.165, 1.54) is 12.1 Å². The lowest BCUT2D eigenvalue weighted by atomic mass is 10.1. The van der Waals surface area contributed by atoms with E-state index in [0.717, 1.165) is 29.4 Å². The maximum atomic E-state index is 12.5. The van der Waals surface area contributed by atoms with Crippen molar-refractivity contribution >= 4 is 23.0 Å². The van der Waals surface area contributed by atoms with Crippen LogP contribution >= 0.6 is 0 Å². The molecule has 0 aliphatic carbocycles. The quantitative estimate of drug-likeness (QED) is 0.329. The highest BCUT2D eigenvalue weighted by atomic mass is 16.6. The number of carbonyl (C=O) groups excluding carboxylic acids is 2. The van der Waals surface area contributed by atoms with Gasteiger partial charge < -0.3 is 19.2 Å².